The average molecular weight is 319 g/mol. The Balaban J connectivity index is 1.96. The Morgan fingerprint density at radius 1 is 1.04 bits per heavy atom. The van der Waals surface area contributed by atoms with E-state index in [1.165, 1.54) is 6.20 Å². The summed E-state index contributed by atoms with van der Waals surface area (Å²) in [6.07, 6.45) is 1.38. The van der Waals surface area contributed by atoms with E-state index in [0.29, 0.717) is 13.2 Å². The number of rotatable bonds is 7. The monoisotopic (exact) mass is 319 g/mol. The van der Waals surface area contributed by atoms with Crippen molar-refractivity contribution in [3.8, 4) is 23.6 Å². The van der Waals surface area contributed by atoms with Gasteiger partial charge in [-0.25, -0.2) is 0 Å². The molecule has 0 saturated heterocycles. The van der Waals surface area contributed by atoms with Crippen molar-refractivity contribution in [2.45, 2.75) is 13.5 Å². The molecule has 2 aromatic carbocycles. The fourth-order valence-electron chi connectivity index (χ4n) is 1.96. The zero-order valence-electron chi connectivity index (χ0n) is 13.3. The van der Waals surface area contributed by atoms with Crippen molar-refractivity contribution in [2.75, 3.05) is 11.9 Å². The smallest absolute Gasteiger partial charge is 0.145 e. The summed E-state index contributed by atoms with van der Waals surface area (Å²) >= 11 is 0. The molecule has 0 saturated carbocycles. The van der Waals surface area contributed by atoms with Gasteiger partial charge in [0.05, 0.1) is 6.61 Å². The van der Waals surface area contributed by atoms with Gasteiger partial charge in [0.2, 0.25) is 0 Å². The minimum absolute atomic E-state index is 0.0195. The van der Waals surface area contributed by atoms with Gasteiger partial charge in [-0.3, -0.25) is 0 Å². The van der Waals surface area contributed by atoms with E-state index < -0.39 is 0 Å². The first-order valence-electron chi connectivity index (χ1n) is 7.46. The van der Waals surface area contributed by atoms with Crippen molar-refractivity contribution in [2.24, 2.45) is 0 Å². The Morgan fingerprint density at radius 2 is 1.71 bits per heavy atom. The maximum Gasteiger partial charge on any atom is 0.145 e. The van der Waals surface area contributed by atoms with Crippen molar-refractivity contribution in [3.05, 3.63) is 65.9 Å². The second kappa shape index (κ2) is 8.87. The molecule has 0 aromatic heterocycles. The van der Waals surface area contributed by atoms with Crippen molar-refractivity contribution >= 4 is 5.69 Å². The van der Waals surface area contributed by atoms with Crippen LogP contribution in [0.15, 0.2) is 60.3 Å². The second-order valence-corrected chi connectivity index (χ2v) is 4.82. The first kappa shape index (κ1) is 16.9. The lowest BCUT2D eigenvalue weighted by Crippen LogP contribution is -1.97. The zero-order chi connectivity index (χ0) is 17.2. The van der Waals surface area contributed by atoms with Gasteiger partial charge in [-0.05, 0) is 48.9 Å². The number of nitrogens with one attached hydrogen (secondary N) is 1. The largest absolute Gasteiger partial charge is 0.494 e. The van der Waals surface area contributed by atoms with Crippen molar-refractivity contribution in [1.82, 2.24) is 0 Å². The van der Waals surface area contributed by atoms with Gasteiger partial charge in [-0.2, -0.15) is 10.5 Å². The standard InChI is InChI=1S/C19H17N3O2/c1-2-23-18-6-8-19(9-7-18)24-14-15-4-3-5-17(10-15)22-13-16(11-20)12-21/h3-10,13,22H,2,14H2,1H3. The Bertz CT molecular complexity index is 767. The van der Waals surface area contributed by atoms with Crippen LogP contribution in [0, 0.1) is 22.7 Å². The summed E-state index contributed by atoms with van der Waals surface area (Å²) in [5.74, 6) is 1.57. The molecule has 0 spiro atoms. The lowest BCUT2D eigenvalue weighted by molar-refractivity contribution is 0.304. The molecule has 2 aromatic rings. The maximum absolute atomic E-state index is 8.71. The van der Waals surface area contributed by atoms with Crippen molar-refractivity contribution in [3.63, 3.8) is 0 Å². The van der Waals surface area contributed by atoms with Gasteiger partial charge in [0.15, 0.2) is 0 Å². The van der Waals surface area contributed by atoms with Gasteiger partial charge in [0.1, 0.15) is 35.8 Å². The van der Waals surface area contributed by atoms with Crippen molar-refractivity contribution < 1.29 is 9.47 Å². The zero-order valence-corrected chi connectivity index (χ0v) is 13.3. The molecular formula is C19H17N3O2. The normalized spacial score (nSPS) is 9.29. The number of benzene rings is 2. The molecule has 0 unspecified atom stereocenters. The Labute approximate surface area is 141 Å². The third kappa shape index (κ3) is 5.08. The SMILES string of the molecule is CCOc1ccc(OCc2cccc(NC=C(C#N)C#N)c2)cc1. The van der Waals surface area contributed by atoms with Crippen LogP contribution in [0.3, 0.4) is 0 Å². The Hall–Kier alpha value is -3.44. The summed E-state index contributed by atoms with van der Waals surface area (Å²) in [4.78, 5) is 0. The highest BCUT2D eigenvalue weighted by Gasteiger charge is 1.99. The van der Waals surface area contributed by atoms with E-state index in [1.54, 1.807) is 12.1 Å². The lowest BCUT2D eigenvalue weighted by atomic mass is 10.2. The number of anilines is 1. The summed E-state index contributed by atoms with van der Waals surface area (Å²) in [7, 11) is 0. The molecule has 120 valence electrons. The van der Waals surface area contributed by atoms with Crippen LogP contribution in [-0.2, 0) is 6.61 Å². The van der Waals surface area contributed by atoms with Crippen molar-refractivity contribution in [1.29, 1.82) is 10.5 Å². The first-order chi connectivity index (χ1) is 11.7. The highest BCUT2D eigenvalue weighted by molar-refractivity contribution is 5.50. The van der Waals surface area contributed by atoms with Crippen LogP contribution in [-0.4, -0.2) is 6.61 Å². The molecule has 0 fully saturated rings. The second-order valence-electron chi connectivity index (χ2n) is 4.82. The van der Waals surface area contributed by atoms with Gasteiger partial charge in [0, 0.05) is 11.9 Å². The first-order valence-corrected chi connectivity index (χ1v) is 7.46. The predicted octanol–water partition coefficient (Wildman–Crippen LogP) is 4.01. The Morgan fingerprint density at radius 3 is 2.33 bits per heavy atom. The third-order valence-corrected chi connectivity index (χ3v) is 3.09. The van der Waals surface area contributed by atoms with E-state index in [9.17, 15) is 0 Å². The lowest BCUT2D eigenvalue weighted by Gasteiger charge is -2.09. The number of ether oxygens (including phenoxy) is 2. The van der Waals surface area contributed by atoms with E-state index in [-0.39, 0.29) is 5.57 Å². The molecule has 0 aliphatic rings. The van der Waals surface area contributed by atoms with Crippen LogP contribution in [0.4, 0.5) is 5.69 Å². The predicted molar refractivity (Wildman–Crippen MR) is 91.3 cm³/mol. The summed E-state index contributed by atoms with van der Waals surface area (Å²) in [5.41, 5.74) is 1.77. The van der Waals surface area contributed by atoms with Crippen LogP contribution in [0.5, 0.6) is 11.5 Å². The van der Waals surface area contributed by atoms with E-state index in [0.717, 1.165) is 22.7 Å². The molecule has 0 amide bonds. The quantitative estimate of drug-likeness (QED) is 0.780. The van der Waals surface area contributed by atoms with Gasteiger partial charge in [-0.15, -0.1) is 0 Å². The van der Waals surface area contributed by atoms with E-state index >= 15 is 0 Å². The molecule has 0 aliphatic carbocycles. The summed E-state index contributed by atoms with van der Waals surface area (Å²) in [5, 5.41) is 20.4. The molecule has 24 heavy (non-hydrogen) atoms. The summed E-state index contributed by atoms with van der Waals surface area (Å²) < 4.78 is 11.1. The number of allylic oxidation sites excluding steroid dienone is 1. The molecule has 0 aliphatic heterocycles. The number of nitrogens with zero attached hydrogens (tertiary/aromatic N) is 2. The molecule has 5 heteroatoms. The minimum atomic E-state index is 0.0195. The molecule has 0 atom stereocenters. The number of nitriles is 2. The third-order valence-electron chi connectivity index (χ3n) is 3.09. The highest BCUT2D eigenvalue weighted by Crippen LogP contribution is 2.19. The van der Waals surface area contributed by atoms with Gasteiger partial charge >= 0.3 is 0 Å². The fourth-order valence-corrected chi connectivity index (χ4v) is 1.96. The maximum atomic E-state index is 8.71. The molecular weight excluding hydrogens is 302 g/mol. The Kier molecular flexibility index (Phi) is 6.25. The van der Waals surface area contributed by atoms with Gasteiger partial charge in [-0.1, -0.05) is 12.1 Å². The molecule has 0 radical (unpaired) electrons. The number of hydrogen-bond donors (Lipinski definition) is 1. The minimum Gasteiger partial charge on any atom is -0.494 e. The molecule has 2 rings (SSSR count). The topological polar surface area (TPSA) is 78.1 Å². The molecule has 1 N–H and O–H groups in total. The van der Waals surface area contributed by atoms with Crippen LogP contribution >= 0.6 is 0 Å². The van der Waals surface area contributed by atoms with Crippen LogP contribution in [0.1, 0.15) is 12.5 Å². The van der Waals surface area contributed by atoms with E-state index in [2.05, 4.69) is 5.32 Å². The molecule has 0 heterocycles. The van der Waals surface area contributed by atoms with Crippen LogP contribution in [0.25, 0.3) is 0 Å². The van der Waals surface area contributed by atoms with Crippen LogP contribution in [0.2, 0.25) is 0 Å². The van der Waals surface area contributed by atoms with E-state index in [1.807, 2.05) is 55.5 Å². The van der Waals surface area contributed by atoms with Crippen LogP contribution < -0.4 is 14.8 Å². The summed E-state index contributed by atoms with van der Waals surface area (Å²) in [6.45, 7) is 2.99. The van der Waals surface area contributed by atoms with E-state index in [4.69, 9.17) is 20.0 Å². The fraction of sp³-hybridized carbons (Fsp3) is 0.158. The highest BCUT2D eigenvalue weighted by atomic mass is 16.5. The number of hydrogen-bond acceptors (Lipinski definition) is 5. The molecule has 0 bridgehead atoms. The van der Waals surface area contributed by atoms with Gasteiger partial charge in [0.25, 0.3) is 0 Å². The summed E-state index contributed by atoms with van der Waals surface area (Å²) in [6, 6.07) is 18.6. The van der Waals surface area contributed by atoms with Gasteiger partial charge < -0.3 is 14.8 Å². The average Bonchev–Trinajstić information content (AvgIpc) is 2.63. The molecule has 5 nitrogen and oxygen atoms in total.